The quantitative estimate of drug-likeness (QED) is 0.473. The minimum Gasteiger partial charge on any atom is -0.394 e. The molecule has 2 fully saturated rings. The Hall–Kier alpha value is 0.137. The summed E-state index contributed by atoms with van der Waals surface area (Å²) in [4.78, 5) is 0. The highest BCUT2D eigenvalue weighted by molar-refractivity contribution is 6.70. The molecule has 0 saturated heterocycles. The van der Waals surface area contributed by atoms with Crippen LogP contribution in [0, 0.1) is 11.8 Å². The van der Waals surface area contributed by atoms with Crippen molar-refractivity contribution in [3.05, 3.63) is 0 Å². The Morgan fingerprint density at radius 3 is 2.04 bits per heavy atom. The summed E-state index contributed by atoms with van der Waals surface area (Å²) >= 11 is 0. The molecule has 0 radical (unpaired) electrons. The van der Waals surface area contributed by atoms with Gasteiger partial charge in [-0.05, 0) is 43.9 Å². The first kappa shape index (κ1) is 19.5. The summed E-state index contributed by atoms with van der Waals surface area (Å²) in [6, 6.07) is 0. The minimum atomic E-state index is -2.14. The zero-order chi connectivity index (χ0) is 16.7. The van der Waals surface area contributed by atoms with Crippen LogP contribution in [0.3, 0.4) is 0 Å². The van der Waals surface area contributed by atoms with Crippen LogP contribution in [0.5, 0.6) is 0 Å². The van der Waals surface area contributed by atoms with Gasteiger partial charge in [0.2, 0.25) is 0 Å². The highest BCUT2D eigenvalue weighted by Gasteiger charge is 2.54. The van der Waals surface area contributed by atoms with E-state index < -0.39 is 8.56 Å². The third-order valence-electron chi connectivity index (χ3n) is 6.20. The van der Waals surface area contributed by atoms with Crippen LogP contribution in [0.4, 0.5) is 0 Å². The van der Waals surface area contributed by atoms with Crippen LogP contribution < -0.4 is 0 Å². The van der Waals surface area contributed by atoms with Crippen molar-refractivity contribution in [3.8, 4) is 0 Å². The van der Waals surface area contributed by atoms with Gasteiger partial charge in [-0.15, -0.1) is 0 Å². The Bertz CT molecular complexity index is 326. The molecule has 4 unspecified atom stereocenters. The van der Waals surface area contributed by atoms with Gasteiger partial charge in [-0.1, -0.05) is 59.8 Å². The molecular weight excluding hydrogens is 300 g/mol. The predicted octanol–water partition coefficient (Wildman–Crippen LogP) is 6.44. The van der Waals surface area contributed by atoms with Crippen molar-refractivity contribution in [3.63, 3.8) is 0 Å². The summed E-state index contributed by atoms with van der Waals surface area (Å²) in [5.74, 6) is 1.65. The molecule has 23 heavy (non-hydrogen) atoms. The molecule has 136 valence electrons. The molecule has 2 saturated carbocycles. The first-order valence-electron chi connectivity index (χ1n) is 10.4. The van der Waals surface area contributed by atoms with Gasteiger partial charge in [-0.3, -0.25) is 0 Å². The van der Waals surface area contributed by atoms with E-state index in [1.165, 1.54) is 51.4 Å². The molecule has 4 atom stereocenters. The van der Waals surface area contributed by atoms with Crippen molar-refractivity contribution in [1.29, 1.82) is 0 Å². The number of hydrogen-bond donors (Lipinski definition) is 0. The monoisotopic (exact) mass is 340 g/mol. The first-order valence-corrected chi connectivity index (χ1v) is 12.4. The van der Waals surface area contributed by atoms with Crippen molar-refractivity contribution in [2.75, 3.05) is 13.2 Å². The van der Waals surface area contributed by atoms with E-state index in [0.717, 1.165) is 49.0 Å². The topological polar surface area (TPSA) is 18.5 Å². The average molecular weight is 341 g/mol. The Kier molecular flexibility index (Phi) is 8.10. The molecule has 0 aromatic rings. The molecule has 0 amide bonds. The first-order chi connectivity index (χ1) is 11.1. The summed E-state index contributed by atoms with van der Waals surface area (Å²) in [5, 5.41) is 0. The second kappa shape index (κ2) is 9.58. The van der Waals surface area contributed by atoms with Crippen LogP contribution in [0.2, 0.25) is 11.1 Å². The highest BCUT2D eigenvalue weighted by atomic mass is 28.4. The Morgan fingerprint density at radius 1 is 0.826 bits per heavy atom. The maximum absolute atomic E-state index is 6.80. The highest BCUT2D eigenvalue weighted by Crippen LogP contribution is 2.52. The van der Waals surface area contributed by atoms with Crippen molar-refractivity contribution in [2.45, 2.75) is 103 Å². The fraction of sp³-hybridized carbons (Fsp3) is 1.00. The van der Waals surface area contributed by atoms with Crippen LogP contribution in [0.25, 0.3) is 0 Å². The fourth-order valence-electron chi connectivity index (χ4n) is 5.03. The molecule has 0 aromatic heterocycles. The fourth-order valence-corrected chi connectivity index (χ4v) is 10.6. The van der Waals surface area contributed by atoms with Gasteiger partial charge in [0.25, 0.3) is 0 Å². The summed E-state index contributed by atoms with van der Waals surface area (Å²) in [6.07, 6.45) is 13.3. The lowest BCUT2D eigenvalue weighted by Gasteiger charge is -2.48. The number of rotatable bonds is 8. The molecule has 2 aliphatic rings. The van der Waals surface area contributed by atoms with Gasteiger partial charge < -0.3 is 8.85 Å². The maximum Gasteiger partial charge on any atom is 0.344 e. The average Bonchev–Trinajstić information content (AvgIpc) is 2.56. The van der Waals surface area contributed by atoms with Crippen LogP contribution in [-0.2, 0) is 8.85 Å². The zero-order valence-corrected chi connectivity index (χ0v) is 17.1. The van der Waals surface area contributed by atoms with Gasteiger partial charge in [0.1, 0.15) is 0 Å². The number of hydrogen-bond acceptors (Lipinski definition) is 2. The molecule has 3 heteroatoms. The zero-order valence-electron chi connectivity index (χ0n) is 16.1. The van der Waals surface area contributed by atoms with Gasteiger partial charge in [0, 0.05) is 24.3 Å². The van der Waals surface area contributed by atoms with Crippen molar-refractivity contribution >= 4 is 8.56 Å². The maximum atomic E-state index is 6.80. The molecule has 2 nitrogen and oxygen atoms in total. The normalized spacial score (nSPS) is 32.9. The smallest absolute Gasteiger partial charge is 0.344 e. The lowest BCUT2D eigenvalue weighted by Crippen LogP contribution is -2.54. The van der Waals surface area contributed by atoms with E-state index in [2.05, 4.69) is 27.7 Å². The van der Waals surface area contributed by atoms with E-state index in [4.69, 9.17) is 8.85 Å². The molecule has 0 N–H and O–H groups in total. The van der Waals surface area contributed by atoms with Gasteiger partial charge >= 0.3 is 8.56 Å². The van der Waals surface area contributed by atoms with E-state index in [0.29, 0.717) is 0 Å². The largest absolute Gasteiger partial charge is 0.394 e. The van der Waals surface area contributed by atoms with Crippen LogP contribution in [-0.4, -0.2) is 21.8 Å². The molecule has 0 spiro atoms. The SMILES string of the molecule is CCCO[Si](OCCC)(C1CCCC(C)C1)C1CCCCC1C. The van der Waals surface area contributed by atoms with Gasteiger partial charge in [-0.25, -0.2) is 0 Å². The lowest BCUT2D eigenvalue weighted by atomic mass is 9.89. The van der Waals surface area contributed by atoms with E-state index in [9.17, 15) is 0 Å². The molecule has 0 aromatic carbocycles. The third kappa shape index (κ3) is 4.82. The molecule has 0 aliphatic heterocycles. The summed E-state index contributed by atoms with van der Waals surface area (Å²) in [7, 11) is -2.14. The van der Waals surface area contributed by atoms with E-state index in [1.807, 2.05) is 0 Å². The molecule has 2 aliphatic carbocycles. The Morgan fingerprint density at radius 2 is 1.48 bits per heavy atom. The molecule has 2 rings (SSSR count). The second-order valence-corrected chi connectivity index (χ2v) is 11.8. The van der Waals surface area contributed by atoms with E-state index in [1.54, 1.807) is 0 Å². The van der Waals surface area contributed by atoms with Crippen LogP contribution in [0.1, 0.15) is 91.9 Å². The molecule has 0 heterocycles. The molecule has 0 bridgehead atoms. The van der Waals surface area contributed by atoms with Crippen LogP contribution in [0.15, 0.2) is 0 Å². The second-order valence-electron chi connectivity index (χ2n) is 8.26. The predicted molar refractivity (Wildman–Crippen MR) is 101 cm³/mol. The van der Waals surface area contributed by atoms with Crippen LogP contribution >= 0.6 is 0 Å². The van der Waals surface area contributed by atoms with Crippen molar-refractivity contribution < 1.29 is 8.85 Å². The van der Waals surface area contributed by atoms with E-state index >= 15 is 0 Å². The van der Waals surface area contributed by atoms with Gasteiger partial charge in [-0.2, -0.15) is 0 Å². The lowest BCUT2D eigenvalue weighted by molar-refractivity contribution is 0.121. The Balaban J connectivity index is 2.27. The van der Waals surface area contributed by atoms with Gasteiger partial charge in [0.05, 0.1) is 0 Å². The summed E-state index contributed by atoms with van der Waals surface area (Å²) in [5.41, 5.74) is 1.46. The van der Waals surface area contributed by atoms with Gasteiger partial charge in [0.15, 0.2) is 0 Å². The Labute approximate surface area is 146 Å². The van der Waals surface area contributed by atoms with Crippen molar-refractivity contribution in [2.24, 2.45) is 11.8 Å². The molecular formula is C20H40O2Si. The third-order valence-corrected chi connectivity index (χ3v) is 11.1. The summed E-state index contributed by atoms with van der Waals surface area (Å²) < 4.78 is 13.6. The van der Waals surface area contributed by atoms with Crippen molar-refractivity contribution in [1.82, 2.24) is 0 Å². The van der Waals surface area contributed by atoms with E-state index in [-0.39, 0.29) is 0 Å². The minimum absolute atomic E-state index is 0.727. The summed E-state index contributed by atoms with van der Waals surface area (Å²) in [6.45, 7) is 11.2. The standard InChI is InChI=1S/C20H40O2Si/c1-5-14-21-23(22-15-6-2,19-12-9-10-17(3)16-19)20-13-8-7-11-18(20)4/h17-20H,5-16H2,1-4H3.